The van der Waals surface area contributed by atoms with Crippen molar-refractivity contribution < 1.29 is 9.90 Å². The maximum Gasteiger partial charge on any atom is 0.354 e. The SMILES string of the molecule is Cc1cc(Cl)cn2c(C(=O)O)c(C(C)(C)C)nc12. The summed E-state index contributed by atoms with van der Waals surface area (Å²) in [4.78, 5) is 15.9. The first-order valence-corrected chi connectivity index (χ1v) is 6.01. The maximum absolute atomic E-state index is 11.5. The molecule has 2 aromatic rings. The van der Waals surface area contributed by atoms with Crippen LogP contribution in [0.2, 0.25) is 5.02 Å². The number of pyridine rings is 1. The molecule has 0 saturated carbocycles. The highest BCUT2D eigenvalue weighted by Gasteiger charge is 2.28. The van der Waals surface area contributed by atoms with Gasteiger partial charge in [-0.3, -0.25) is 4.40 Å². The second-order valence-corrected chi connectivity index (χ2v) is 5.84. The van der Waals surface area contributed by atoms with E-state index in [1.165, 1.54) is 0 Å². The van der Waals surface area contributed by atoms with Crippen molar-refractivity contribution in [1.82, 2.24) is 9.38 Å². The second kappa shape index (κ2) is 3.99. The zero-order valence-electron chi connectivity index (χ0n) is 10.8. The molecule has 1 N–H and O–H groups in total. The van der Waals surface area contributed by atoms with Gasteiger partial charge in [0.15, 0.2) is 5.69 Å². The summed E-state index contributed by atoms with van der Waals surface area (Å²) >= 11 is 5.98. The van der Waals surface area contributed by atoms with Crippen LogP contribution in [0.25, 0.3) is 5.65 Å². The van der Waals surface area contributed by atoms with E-state index in [-0.39, 0.29) is 11.1 Å². The third-order valence-corrected chi connectivity index (χ3v) is 2.99. The number of nitrogens with zero attached hydrogens (tertiary/aromatic N) is 2. The van der Waals surface area contributed by atoms with Gasteiger partial charge in [0.25, 0.3) is 0 Å². The molecule has 0 spiro atoms. The topological polar surface area (TPSA) is 54.6 Å². The Morgan fingerprint density at radius 1 is 1.44 bits per heavy atom. The maximum atomic E-state index is 11.5. The highest BCUT2D eigenvalue weighted by Crippen LogP contribution is 2.28. The number of hydrogen-bond acceptors (Lipinski definition) is 2. The van der Waals surface area contributed by atoms with Gasteiger partial charge < -0.3 is 5.11 Å². The standard InChI is InChI=1S/C13H15ClN2O2/c1-7-5-8(14)6-16-9(12(17)18)10(13(2,3)4)15-11(7)16/h5-6H,1-4H3,(H,17,18). The quantitative estimate of drug-likeness (QED) is 0.862. The van der Waals surface area contributed by atoms with Crippen LogP contribution in [-0.2, 0) is 5.41 Å². The Labute approximate surface area is 110 Å². The molecule has 0 aliphatic carbocycles. The van der Waals surface area contributed by atoms with Crippen molar-refractivity contribution in [2.24, 2.45) is 0 Å². The van der Waals surface area contributed by atoms with Crippen LogP contribution in [-0.4, -0.2) is 20.5 Å². The van der Waals surface area contributed by atoms with Crippen LogP contribution < -0.4 is 0 Å². The molecule has 0 amide bonds. The fourth-order valence-corrected chi connectivity index (χ4v) is 2.26. The Morgan fingerprint density at radius 2 is 2.06 bits per heavy atom. The van der Waals surface area contributed by atoms with Gasteiger partial charge in [-0.05, 0) is 18.6 Å². The second-order valence-electron chi connectivity index (χ2n) is 5.40. The molecule has 2 rings (SSSR count). The lowest BCUT2D eigenvalue weighted by Crippen LogP contribution is -2.17. The molecule has 0 saturated heterocycles. The van der Waals surface area contributed by atoms with Crippen molar-refractivity contribution in [1.29, 1.82) is 0 Å². The number of halogens is 1. The molecule has 0 aliphatic rings. The predicted octanol–water partition coefficient (Wildman–Crippen LogP) is 3.29. The number of hydrogen-bond donors (Lipinski definition) is 1. The molecule has 0 radical (unpaired) electrons. The monoisotopic (exact) mass is 266 g/mol. The summed E-state index contributed by atoms with van der Waals surface area (Å²) in [5.41, 5.74) is 1.92. The summed E-state index contributed by atoms with van der Waals surface area (Å²) in [6, 6.07) is 1.78. The van der Waals surface area contributed by atoms with Crippen LogP contribution in [0.3, 0.4) is 0 Å². The van der Waals surface area contributed by atoms with Crippen molar-refractivity contribution >= 4 is 23.2 Å². The summed E-state index contributed by atoms with van der Waals surface area (Å²) in [5, 5.41) is 9.89. The summed E-state index contributed by atoms with van der Waals surface area (Å²) in [7, 11) is 0. The normalized spacial score (nSPS) is 12.1. The molecule has 5 heteroatoms. The van der Waals surface area contributed by atoms with Gasteiger partial charge in [-0.2, -0.15) is 0 Å². The number of aryl methyl sites for hydroxylation is 1. The van der Waals surface area contributed by atoms with Crippen LogP contribution in [0.4, 0.5) is 0 Å². The van der Waals surface area contributed by atoms with E-state index in [9.17, 15) is 9.90 Å². The molecule has 0 aromatic carbocycles. The molecule has 4 nitrogen and oxygen atoms in total. The van der Waals surface area contributed by atoms with Crippen LogP contribution >= 0.6 is 11.6 Å². The zero-order chi connectivity index (χ0) is 13.7. The molecular formula is C13H15ClN2O2. The van der Waals surface area contributed by atoms with Gasteiger partial charge in [-0.1, -0.05) is 32.4 Å². The average molecular weight is 267 g/mol. The Balaban J connectivity index is 2.93. The molecule has 18 heavy (non-hydrogen) atoms. The number of aromatic nitrogens is 2. The van der Waals surface area contributed by atoms with Crippen LogP contribution in [0.5, 0.6) is 0 Å². The number of rotatable bonds is 1. The van der Waals surface area contributed by atoms with Crippen LogP contribution in [0.1, 0.15) is 42.5 Å². The molecular weight excluding hydrogens is 252 g/mol. The lowest BCUT2D eigenvalue weighted by Gasteiger charge is -2.16. The van der Waals surface area contributed by atoms with Gasteiger partial charge in [0.2, 0.25) is 0 Å². The highest BCUT2D eigenvalue weighted by molar-refractivity contribution is 6.30. The molecule has 0 aliphatic heterocycles. The number of carbonyl (C=O) groups is 1. The number of carboxylic acid groups (broad SMARTS) is 1. The Hall–Kier alpha value is -1.55. The van der Waals surface area contributed by atoms with E-state index >= 15 is 0 Å². The number of imidazole rings is 1. The number of fused-ring (bicyclic) bond motifs is 1. The van der Waals surface area contributed by atoms with E-state index < -0.39 is 5.97 Å². The first kappa shape index (κ1) is 12.9. The van der Waals surface area contributed by atoms with Crippen molar-refractivity contribution in [3.8, 4) is 0 Å². The first-order chi connectivity index (χ1) is 8.21. The van der Waals surface area contributed by atoms with E-state index in [4.69, 9.17) is 11.6 Å². The lowest BCUT2D eigenvalue weighted by molar-refractivity contribution is 0.0686. The molecule has 2 aromatic heterocycles. The summed E-state index contributed by atoms with van der Waals surface area (Å²) in [6.07, 6.45) is 1.59. The Kier molecular flexibility index (Phi) is 2.86. The van der Waals surface area contributed by atoms with Crippen LogP contribution in [0, 0.1) is 6.92 Å². The minimum absolute atomic E-state index is 0.183. The minimum atomic E-state index is -0.992. The summed E-state index contributed by atoms with van der Waals surface area (Å²) < 4.78 is 1.56. The van der Waals surface area contributed by atoms with Crippen molar-refractivity contribution in [2.75, 3.05) is 0 Å². The number of carboxylic acids is 1. The summed E-state index contributed by atoms with van der Waals surface area (Å²) in [5.74, 6) is -0.992. The summed E-state index contributed by atoms with van der Waals surface area (Å²) in [6.45, 7) is 7.70. The van der Waals surface area contributed by atoms with E-state index in [1.54, 1.807) is 16.7 Å². The first-order valence-electron chi connectivity index (χ1n) is 5.64. The zero-order valence-corrected chi connectivity index (χ0v) is 11.5. The third kappa shape index (κ3) is 1.97. The largest absolute Gasteiger partial charge is 0.477 e. The van der Waals surface area contributed by atoms with Gasteiger partial charge in [0.05, 0.1) is 10.7 Å². The van der Waals surface area contributed by atoms with E-state index in [2.05, 4.69) is 4.98 Å². The Bertz CT molecular complexity index is 638. The van der Waals surface area contributed by atoms with Crippen LogP contribution in [0.15, 0.2) is 12.3 Å². The van der Waals surface area contributed by atoms with Crippen molar-refractivity contribution in [3.63, 3.8) is 0 Å². The number of aromatic carboxylic acids is 1. The minimum Gasteiger partial charge on any atom is -0.477 e. The molecule has 96 valence electrons. The fourth-order valence-electron chi connectivity index (χ4n) is 2.00. The van der Waals surface area contributed by atoms with Gasteiger partial charge in [0.1, 0.15) is 5.65 Å². The predicted molar refractivity (Wildman–Crippen MR) is 70.6 cm³/mol. The van der Waals surface area contributed by atoms with Crippen molar-refractivity contribution in [2.45, 2.75) is 33.1 Å². The fraction of sp³-hybridized carbons (Fsp3) is 0.385. The van der Waals surface area contributed by atoms with E-state index in [1.807, 2.05) is 27.7 Å². The molecule has 2 heterocycles. The van der Waals surface area contributed by atoms with Crippen molar-refractivity contribution in [3.05, 3.63) is 34.2 Å². The lowest BCUT2D eigenvalue weighted by atomic mass is 9.91. The van der Waals surface area contributed by atoms with E-state index in [0.29, 0.717) is 16.4 Å². The molecule has 0 bridgehead atoms. The van der Waals surface area contributed by atoms with E-state index in [0.717, 1.165) is 5.56 Å². The average Bonchev–Trinajstić information content (AvgIpc) is 2.55. The molecule has 0 unspecified atom stereocenters. The van der Waals surface area contributed by atoms with Gasteiger partial charge in [-0.25, -0.2) is 9.78 Å². The Morgan fingerprint density at radius 3 is 2.56 bits per heavy atom. The van der Waals surface area contributed by atoms with Gasteiger partial charge in [-0.15, -0.1) is 0 Å². The molecule has 0 fully saturated rings. The smallest absolute Gasteiger partial charge is 0.354 e. The highest BCUT2D eigenvalue weighted by atomic mass is 35.5. The third-order valence-electron chi connectivity index (χ3n) is 2.78. The molecule has 0 atom stereocenters. The van der Waals surface area contributed by atoms with Gasteiger partial charge >= 0.3 is 5.97 Å². The van der Waals surface area contributed by atoms with Gasteiger partial charge in [0, 0.05) is 11.6 Å².